The lowest BCUT2D eigenvalue weighted by Crippen LogP contribution is -2.40. The summed E-state index contributed by atoms with van der Waals surface area (Å²) in [6.45, 7) is 2.21. The number of aromatic nitrogens is 2. The number of nitrogens with one attached hydrogen (secondary N) is 1. The van der Waals surface area contributed by atoms with Crippen LogP contribution in [0.2, 0.25) is 5.02 Å². The predicted octanol–water partition coefficient (Wildman–Crippen LogP) is 4.84. The molecule has 2 aromatic heterocycles. The molecule has 2 amide bonds. The molecule has 1 saturated carbocycles. The summed E-state index contributed by atoms with van der Waals surface area (Å²) >= 11 is 6.49. The van der Waals surface area contributed by atoms with Crippen molar-refractivity contribution in [3.63, 3.8) is 0 Å². The number of allylic oxidation sites excluding steroid dienone is 2. The fraction of sp³-hybridized carbons (Fsp3) is 0.364. The molecule has 3 aromatic rings. The van der Waals surface area contributed by atoms with Gasteiger partial charge in [0.15, 0.2) is 11.1 Å². The van der Waals surface area contributed by atoms with Crippen LogP contribution in [0.5, 0.6) is 17.4 Å². The van der Waals surface area contributed by atoms with E-state index in [2.05, 4.69) is 32.4 Å². The molecule has 14 heteroatoms. The van der Waals surface area contributed by atoms with Crippen LogP contribution in [0.4, 0.5) is 13.2 Å². The minimum absolute atomic E-state index is 0.00588. The number of carbonyl (C=O) groups is 2. The summed E-state index contributed by atoms with van der Waals surface area (Å²) in [4.78, 5) is 38.7. The molecule has 47 heavy (non-hydrogen) atoms. The Bertz CT molecular complexity index is 1830. The van der Waals surface area contributed by atoms with Gasteiger partial charge in [-0.1, -0.05) is 23.7 Å². The zero-order chi connectivity index (χ0) is 34.1. The van der Waals surface area contributed by atoms with E-state index < -0.39 is 41.6 Å². The molecule has 0 unspecified atom stereocenters. The number of primary amides is 1. The first kappa shape index (κ1) is 33.5. The Morgan fingerprint density at radius 1 is 1.30 bits per heavy atom. The average Bonchev–Trinajstić information content (AvgIpc) is 3.85. The van der Waals surface area contributed by atoms with Gasteiger partial charge in [0, 0.05) is 41.5 Å². The third-order valence-corrected chi connectivity index (χ3v) is 8.48. The van der Waals surface area contributed by atoms with Gasteiger partial charge in [-0.2, -0.15) is 13.2 Å². The van der Waals surface area contributed by atoms with E-state index in [0.29, 0.717) is 11.3 Å². The van der Waals surface area contributed by atoms with E-state index in [1.807, 2.05) is 13.0 Å². The van der Waals surface area contributed by atoms with E-state index in [1.54, 1.807) is 0 Å². The minimum atomic E-state index is -4.88. The number of alkyl halides is 3. The van der Waals surface area contributed by atoms with E-state index >= 15 is 0 Å². The van der Waals surface area contributed by atoms with Gasteiger partial charge in [0.25, 0.3) is 5.91 Å². The monoisotopic (exact) mass is 669 g/mol. The Morgan fingerprint density at radius 2 is 2.04 bits per heavy atom. The van der Waals surface area contributed by atoms with Crippen LogP contribution in [-0.4, -0.2) is 55.3 Å². The van der Waals surface area contributed by atoms with Gasteiger partial charge in [-0.25, -0.2) is 15.0 Å². The Labute approximate surface area is 273 Å². The number of fused-ring (bicyclic) bond motifs is 1. The number of halogens is 4. The summed E-state index contributed by atoms with van der Waals surface area (Å²) in [5.74, 6) is -3.36. The third kappa shape index (κ3) is 6.69. The molecular weight excluding hydrogens is 639 g/mol. The van der Waals surface area contributed by atoms with Crippen LogP contribution in [0.25, 0.3) is 11.3 Å². The molecule has 246 valence electrons. The molecule has 10 nitrogen and oxygen atoms in total. The molecule has 0 spiro atoms. The van der Waals surface area contributed by atoms with E-state index in [9.17, 15) is 22.8 Å². The van der Waals surface area contributed by atoms with Crippen LogP contribution in [0.15, 0.2) is 47.2 Å². The average molecular weight is 670 g/mol. The topological polar surface area (TPSA) is 138 Å². The Balaban J connectivity index is 1.54. The van der Waals surface area contributed by atoms with Crippen molar-refractivity contribution in [2.45, 2.75) is 44.2 Å². The molecule has 1 aromatic carbocycles. The summed E-state index contributed by atoms with van der Waals surface area (Å²) < 4.78 is 60.6. The van der Waals surface area contributed by atoms with E-state index in [-0.39, 0.29) is 51.4 Å². The largest absolute Gasteiger partial charge is 0.494 e. The first-order valence-electron chi connectivity index (χ1n) is 14.6. The Kier molecular flexibility index (Phi) is 9.36. The van der Waals surface area contributed by atoms with Gasteiger partial charge in [0.1, 0.15) is 34.4 Å². The molecule has 0 radical (unpaired) electrons. The lowest BCUT2D eigenvalue weighted by atomic mass is 9.82. The summed E-state index contributed by atoms with van der Waals surface area (Å²) in [5.41, 5.74) is 4.74. The molecule has 1 aliphatic carbocycles. The molecule has 3 heterocycles. The second kappa shape index (κ2) is 13.1. The second-order valence-electron chi connectivity index (χ2n) is 11.3. The van der Waals surface area contributed by atoms with Crippen LogP contribution < -0.4 is 30.6 Å². The van der Waals surface area contributed by atoms with Crippen LogP contribution in [0.1, 0.15) is 54.2 Å². The van der Waals surface area contributed by atoms with Gasteiger partial charge < -0.3 is 25.3 Å². The highest BCUT2D eigenvalue weighted by Crippen LogP contribution is 2.48. The lowest BCUT2D eigenvalue weighted by Gasteiger charge is -2.24. The van der Waals surface area contributed by atoms with Crippen LogP contribution >= 0.6 is 11.6 Å². The number of amides is 2. The summed E-state index contributed by atoms with van der Waals surface area (Å²) in [7, 11) is 2.72. The minimum Gasteiger partial charge on any atom is -0.494 e. The molecule has 1 aliphatic heterocycles. The number of carbonyl (C=O) groups excluding carboxylic acids is 2. The van der Waals surface area contributed by atoms with E-state index in [0.717, 1.165) is 24.6 Å². The molecule has 0 saturated heterocycles. The summed E-state index contributed by atoms with van der Waals surface area (Å²) in [5, 5.41) is 2.64. The SMILES string of the molecule is C/C=C(\N=c1c#ccc(C(=O)NC[C@H](c2cc3c(c(-c4ccnc(OC)c4Cl)n2)OC[C@]3(C)C(N)=O)C(F)(F)F)cc1OC)C1CC1. The normalized spacial score (nSPS) is 18.5. The number of hydrogen-bond donors (Lipinski definition) is 2. The second-order valence-corrected chi connectivity index (χ2v) is 11.7. The zero-order valence-corrected chi connectivity index (χ0v) is 26.7. The number of nitrogens with zero attached hydrogens (tertiary/aromatic N) is 3. The number of ether oxygens (including phenoxy) is 3. The number of pyridine rings is 2. The van der Waals surface area contributed by atoms with Crippen molar-refractivity contribution in [3.8, 4) is 28.6 Å². The molecule has 5 rings (SSSR count). The van der Waals surface area contributed by atoms with Gasteiger partial charge in [0.2, 0.25) is 11.8 Å². The van der Waals surface area contributed by atoms with Crippen molar-refractivity contribution >= 4 is 23.4 Å². The number of rotatable bonds is 10. The smallest absolute Gasteiger partial charge is 0.398 e. The predicted molar refractivity (Wildman–Crippen MR) is 165 cm³/mol. The standard InChI is InChI=1S/C33H31ClF3N5O5/c1-5-22(17-9-10-17)41-23-8-6-7-18(13-25(23)45-3)29(43)40-15-21(33(35,36)37)24-14-20-28(47-16-32(20,2)31(38)44)27(42-24)19-11-12-39-30(46-4)26(19)34/h5,7,11-14,17,21H,9-10,15-16H2,1-4H3,(H2,38,44)(H,40,43)/b22-5-,41-23?/t21-,32+/m1/s1. The first-order chi connectivity index (χ1) is 22.3. The fourth-order valence-corrected chi connectivity index (χ4v) is 5.45. The van der Waals surface area contributed by atoms with Crippen molar-refractivity contribution in [1.29, 1.82) is 0 Å². The first-order valence-corrected chi connectivity index (χ1v) is 14.9. The van der Waals surface area contributed by atoms with Crippen LogP contribution in [0, 0.1) is 18.1 Å². The van der Waals surface area contributed by atoms with Gasteiger partial charge in [-0.3, -0.25) is 9.59 Å². The Morgan fingerprint density at radius 3 is 2.66 bits per heavy atom. The highest BCUT2D eigenvalue weighted by Gasteiger charge is 2.47. The third-order valence-electron chi connectivity index (χ3n) is 8.11. The quantitative estimate of drug-likeness (QED) is 0.315. The number of methoxy groups -OCH3 is 2. The van der Waals surface area contributed by atoms with E-state index in [1.165, 1.54) is 45.5 Å². The van der Waals surface area contributed by atoms with Crippen LogP contribution in [-0.2, 0) is 10.2 Å². The zero-order valence-electron chi connectivity index (χ0n) is 25.9. The van der Waals surface area contributed by atoms with E-state index in [4.69, 9.17) is 31.5 Å². The molecular formula is C33H31ClF3N5O5. The van der Waals surface area contributed by atoms with Crippen molar-refractivity contribution in [1.82, 2.24) is 15.3 Å². The van der Waals surface area contributed by atoms with Gasteiger partial charge in [-0.15, -0.1) is 0 Å². The maximum absolute atomic E-state index is 14.7. The highest BCUT2D eigenvalue weighted by molar-refractivity contribution is 6.34. The van der Waals surface area contributed by atoms with Gasteiger partial charge in [0.05, 0.1) is 25.5 Å². The molecule has 2 atom stereocenters. The van der Waals surface area contributed by atoms with Crippen LogP contribution in [0.3, 0.4) is 0 Å². The number of hydrogen-bond acceptors (Lipinski definition) is 8. The van der Waals surface area contributed by atoms with Crippen molar-refractivity contribution in [3.05, 3.63) is 81.6 Å². The van der Waals surface area contributed by atoms with Crippen molar-refractivity contribution in [2.75, 3.05) is 27.4 Å². The molecule has 2 aliphatic rings. The van der Waals surface area contributed by atoms with Gasteiger partial charge >= 0.3 is 6.18 Å². The highest BCUT2D eigenvalue weighted by atomic mass is 35.5. The summed E-state index contributed by atoms with van der Waals surface area (Å²) in [6.07, 6.45) is 0.378. The summed E-state index contributed by atoms with van der Waals surface area (Å²) in [6, 6.07) is 10.8. The lowest BCUT2D eigenvalue weighted by molar-refractivity contribution is -0.149. The van der Waals surface area contributed by atoms with Crippen molar-refractivity contribution < 1.29 is 37.0 Å². The number of nitrogens with two attached hydrogens (primary N) is 1. The maximum atomic E-state index is 14.7. The Hall–Kier alpha value is -4.83. The fourth-order valence-electron chi connectivity index (χ4n) is 5.17. The van der Waals surface area contributed by atoms with Crippen molar-refractivity contribution in [2.24, 2.45) is 16.6 Å². The maximum Gasteiger partial charge on any atom is 0.398 e. The molecule has 0 bridgehead atoms. The van der Waals surface area contributed by atoms with Gasteiger partial charge in [-0.05, 0) is 51.0 Å². The molecule has 1 fully saturated rings. The molecule has 3 N–H and O–H groups in total.